The fourth-order valence-corrected chi connectivity index (χ4v) is 3.10. The van der Waals surface area contributed by atoms with Crippen LogP contribution in [0.2, 0.25) is 0 Å². The first-order valence-corrected chi connectivity index (χ1v) is 8.48. The lowest BCUT2D eigenvalue weighted by atomic mass is 9.88. The van der Waals surface area contributed by atoms with Crippen LogP contribution in [0, 0.1) is 11.8 Å². The van der Waals surface area contributed by atoms with E-state index < -0.39 is 5.54 Å². The molecule has 1 aliphatic heterocycles. The molecule has 0 aromatic heterocycles. The molecule has 3 atom stereocenters. The zero-order valence-electron chi connectivity index (χ0n) is 14.6. The van der Waals surface area contributed by atoms with E-state index in [0.717, 1.165) is 44.2 Å². The summed E-state index contributed by atoms with van der Waals surface area (Å²) in [5.74, 6) is 1.48. The number of carbonyl (C=O) groups is 1. The molecule has 4 heteroatoms. The van der Waals surface area contributed by atoms with Crippen molar-refractivity contribution in [1.29, 1.82) is 0 Å². The lowest BCUT2D eigenvalue weighted by Gasteiger charge is -2.36. The smallest absolute Gasteiger partial charge is 0.325 e. The van der Waals surface area contributed by atoms with E-state index in [2.05, 4.69) is 31.0 Å². The molecule has 3 unspecified atom stereocenters. The van der Waals surface area contributed by atoms with Gasteiger partial charge in [0.15, 0.2) is 0 Å². The minimum atomic E-state index is -0.542. The summed E-state index contributed by atoms with van der Waals surface area (Å²) < 4.78 is 4.97. The lowest BCUT2D eigenvalue weighted by molar-refractivity contribution is -0.148. The van der Waals surface area contributed by atoms with Crippen LogP contribution in [0.5, 0.6) is 0 Å². The number of hydrogen-bond donors (Lipinski definition) is 1. The first kappa shape index (κ1) is 18.4. The summed E-state index contributed by atoms with van der Waals surface area (Å²) in [4.78, 5) is 14.6. The van der Waals surface area contributed by atoms with Gasteiger partial charge < -0.3 is 15.0 Å². The minimum Gasteiger partial charge on any atom is -0.468 e. The van der Waals surface area contributed by atoms with Crippen LogP contribution in [0.15, 0.2) is 0 Å². The lowest BCUT2D eigenvalue weighted by Crippen LogP contribution is -2.51. The highest BCUT2D eigenvalue weighted by Gasteiger charge is 2.33. The van der Waals surface area contributed by atoms with Gasteiger partial charge in [-0.2, -0.15) is 0 Å². The van der Waals surface area contributed by atoms with Gasteiger partial charge in [-0.3, -0.25) is 4.79 Å². The van der Waals surface area contributed by atoms with Gasteiger partial charge in [0, 0.05) is 6.54 Å². The van der Waals surface area contributed by atoms with Crippen LogP contribution in [-0.4, -0.2) is 49.7 Å². The van der Waals surface area contributed by atoms with Crippen LogP contribution < -0.4 is 5.32 Å². The zero-order chi connectivity index (χ0) is 15.9. The average molecular weight is 298 g/mol. The van der Waals surface area contributed by atoms with E-state index >= 15 is 0 Å². The molecule has 1 aliphatic rings. The average Bonchev–Trinajstić information content (AvgIpc) is 2.48. The molecule has 4 nitrogen and oxygen atoms in total. The second kappa shape index (κ2) is 8.74. The number of ether oxygens (including phenoxy) is 1. The summed E-state index contributed by atoms with van der Waals surface area (Å²) in [6, 6.07) is 0. The first-order valence-electron chi connectivity index (χ1n) is 8.48. The molecule has 0 bridgehead atoms. The largest absolute Gasteiger partial charge is 0.468 e. The summed E-state index contributed by atoms with van der Waals surface area (Å²) in [7, 11) is 1.47. The van der Waals surface area contributed by atoms with Gasteiger partial charge >= 0.3 is 5.97 Å². The molecule has 0 spiro atoms. The number of likely N-dealkylation sites (tertiary alicyclic amines) is 1. The van der Waals surface area contributed by atoms with E-state index in [1.807, 2.05) is 6.92 Å². The summed E-state index contributed by atoms with van der Waals surface area (Å²) >= 11 is 0. The van der Waals surface area contributed by atoms with E-state index in [0.29, 0.717) is 0 Å². The Balaban J connectivity index is 2.41. The van der Waals surface area contributed by atoms with Crippen LogP contribution in [-0.2, 0) is 9.53 Å². The van der Waals surface area contributed by atoms with Gasteiger partial charge in [0.2, 0.25) is 0 Å². The van der Waals surface area contributed by atoms with Gasteiger partial charge in [0.25, 0.3) is 0 Å². The Hall–Kier alpha value is -0.610. The minimum absolute atomic E-state index is 0.142. The third kappa shape index (κ3) is 5.59. The second-order valence-electron chi connectivity index (χ2n) is 6.90. The topological polar surface area (TPSA) is 41.6 Å². The van der Waals surface area contributed by atoms with E-state index in [9.17, 15) is 4.79 Å². The molecule has 1 fully saturated rings. The Morgan fingerprint density at radius 1 is 1.38 bits per heavy atom. The van der Waals surface area contributed by atoms with Crippen molar-refractivity contribution in [3.63, 3.8) is 0 Å². The molecule has 0 aliphatic carbocycles. The molecule has 0 saturated carbocycles. The van der Waals surface area contributed by atoms with Gasteiger partial charge in [-0.15, -0.1) is 0 Å². The van der Waals surface area contributed by atoms with E-state index in [-0.39, 0.29) is 5.97 Å². The summed E-state index contributed by atoms with van der Waals surface area (Å²) in [6.07, 6.45) is 4.18. The molecule has 0 aromatic rings. The number of hydrogen-bond acceptors (Lipinski definition) is 4. The van der Waals surface area contributed by atoms with Crippen molar-refractivity contribution in [1.82, 2.24) is 10.2 Å². The van der Waals surface area contributed by atoms with Crippen LogP contribution in [0.4, 0.5) is 0 Å². The SMILES string of the molecule is CCCNC(C)(CCCN1CCC(C)C(C)C1)C(=O)OC. The van der Waals surface area contributed by atoms with Crippen molar-refractivity contribution >= 4 is 5.97 Å². The summed E-state index contributed by atoms with van der Waals surface area (Å²) in [5.41, 5.74) is -0.542. The Kier molecular flexibility index (Phi) is 7.67. The number of carbonyl (C=O) groups excluding carboxylic acids is 1. The van der Waals surface area contributed by atoms with Crippen molar-refractivity contribution in [3.05, 3.63) is 0 Å². The molecule has 1 saturated heterocycles. The highest BCUT2D eigenvalue weighted by Crippen LogP contribution is 2.23. The summed E-state index contributed by atoms with van der Waals surface area (Å²) in [5, 5.41) is 3.36. The van der Waals surface area contributed by atoms with E-state index in [1.54, 1.807) is 0 Å². The molecule has 0 amide bonds. The second-order valence-corrected chi connectivity index (χ2v) is 6.90. The standard InChI is InChI=1S/C17H34N2O2/c1-6-10-18-17(4,16(20)21-5)9-7-11-19-12-8-14(2)15(3)13-19/h14-15,18H,6-13H2,1-5H3. The molecule has 1 rings (SSSR count). The highest BCUT2D eigenvalue weighted by molar-refractivity contribution is 5.80. The third-order valence-electron chi connectivity index (χ3n) is 4.97. The maximum atomic E-state index is 12.0. The molecule has 0 radical (unpaired) electrons. The van der Waals surface area contributed by atoms with E-state index in [4.69, 9.17) is 4.74 Å². The third-order valence-corrected chi connectivity index (χ3v) is 4.97. The predicted octanol–water partition coefficient (Wildman–Crippen LogP) is 2.68. The number of esters is 1. The van der Waals surface area contributed by atoms with Crippen LogP contribution in [0.1, 0.15) is 53.4 Å². The number of methoxy groups -OCH3 is 1. The van der Waals surface area contributed by atoms with Gasteiger partial charge in [-0.05, 0) is 64.1 Å². The predicted molar refractivity (Wildman–Crippen MR) is 87.3 cm³/mol. The van der Waals surface area contributed by atoms with Crippen molar-refractivity contribution in [2.75, 3.05) is 33.3 Å². The highest BCUT2D eigenvalue weighted by atomic mass is 16.5. The molecule has 21 heavy (non-hydrogen) atoms. The monoisotopic (exact) mass is 298 g/mol. The number of piperidine rings is 1. The van der Waals surface area contributed by atoms with Crippen LogP contribution in [0.3, 0.4) is 0 Å². The summed E-state index contributed by atoms with van der Waals surface area (Å²) in [6.45, 7) is 13.1. The van der Waals surface area contributed by atoms with Gasteiger partial charge in [-0.1, -0.05) is 20.8 Å². The fraction of sp³-hybridized carbons (Fsp3) is 0.941. The molecular formula is C17H34N2O2. The Morgan fingerprint density at radius 2 is 2.10 bits per heavy atom. The molecular weight excluding hydrogens is 264 g/mol. The normalized spacial score (nSPS) is 26.3. The Bertz CT molecular complexity index is 322. The zero-order valence-corrected chi connectivity index (χ0v) is 14.6. The molecule has 1 N–H and O–H groups in total. The van der Waals surface area contributed by atoms with Gasteiger partial charge in [-0.25, -0.2) is 0 Å². The van der Waals surface area contributed by atoms with Gasteiger partial charge in [0.05, 0.1) is 7.11 Å². The molecule has 1 heterocycles. The van der Waals surface area contributed by atoms with Crippen LogP contribution in [0.25, 0.3) is 0 Å². The maximum absolute atomic E-state index is 12.0. The number of nitrogens with one attached hydrogen (secondary N) is 1. The maximum Gasteiger partial charge on any atom is 0.325 e. The van der Waals surface area contributed by atoms with Crippen molar-refractivity contribution in [2.24, 2.45) is 11.8 Å². The fourth-order valence-electron chi connectivity index (χ4n) is 3.10. The quantitative estimate of drug-likeness (QED) is 0.700. The number of rotatable bonds is 8. The molecule has 124 valence electrons. The van der Waals surface area contributed by atoms with E-state index in [1.165, 1.54) is 26.6 Å². The van der Waals surface area contributed by atoms with Crippen molar-refractivity contribution in [3.8, 4) is 0 Å². The van der Waals surface area contributed by atoms with Crippen molar-refractivity contribution in [2.45, 2.75) is 58.9 Å². The molecule has 0 aromatic carbocycles. The Morgan fingerprint density at radius 3 is 2.67 bits per heavy atom. The number of nitrogens with zero attached hydrogens (tertiary/aromatic N) is 1. The van der Waals surface area contributed by atoms with Crippen molar-refractivity contribution < 1.29 is 9.53 Å². The van der Waals surface area contributed by atoms with Gasteiger partial charge in [0.1, 0.15) is 5.54 Å². The first-order chi connectivity index (χ1) is 9.92. The Labute approximate surface area is 130 Å². The van der Waals surface area contributed by atoms with Crippen LogP contribution >= 0.6 is 0 Å².